The molecule has 0 aromatic carbocycles. The fourth-order valence-electron chi connectivity index (χ4n) is 6.87. The lowest BCUT2D eigenvalue weighted by atomic mass is 10.0. The van der Waals surface area contributed by atoms with Crippen molar-refractivity contribution in [2.45, 2.75) is 232 Å². The van der Waals surface area contributed by atoms with Gasteiger partial charge in [0.15, 0.2) is 6.10 Å². The molecule has 0 radical (unpaired) electrons. The second kappa shape index (κ2) is 52.7. The van der Waals surface area contributed by atoms with E-state index in [1.165, 1.54) is 64.2 Å². The first-order valence-electron chi connectivity index (χ1n) is 26.4. The van der Waals surface area contributed by atoms with Crippen molar-refractivity contribution < 1.29 is 28.6 Å². The molecule has 0 aromatic rings. The highest BCUT2D eigenvalue weighted by atomic mass is 16.6. The third kappa shape index (κ3) is 50.9. The molecule has 368 valence electrons. The number of carbonyl (C=O) groups excluding carboxylic acids is 3. The Bertz CT molecular complexity index is 1360. The number of allylic oxidation sites excluding steroid dienone is 18. The molecule has 0 aromatic heterocycles. The van der Waals surface area contributed by atoms with Crippen molar-refractivity contribution in [3.05, 3.63) is 109 Å². The van der Waals surface area contributed by atoms with E-state index in [0.717, 1.165) is 116 Å². The molecular formula is C59H96O6. The molecule has 0 fully saturated rings. The quantitative estimate of drug-likeness (QED) is 0.0262. The Morgan fingerprint density at radius 3 is 0.969 bits per heavy atom. The molecule has 6 nitrogen and oxygen atoms in total. The average molecular weight is 901 g/mol. The first-order valence-corrected chi connectivity index (χ1v) is 26.4. The average Bonchev–Trinajstić information content (AvgIpc) is 3.30. The molecule has 0 aliphatic carbocycles. The zero-order valence-electron chi connectivity index (χ0n) is 42.0. The summed E-state index contributed by atoms with van der Waals surface area (Å²) < 4.78 is 16.7. The molecule has 1 atom stereocenters. The molecule has 0 aliphatic heterocycles. The van der Waals surface area contributed by atoms with Gasteiger partial charge in [0.2, 0.25) is 0 Å². The van der Waals surface area contributed by atoms with Crippen LogP contribution in [0.5, 0.6) is 0 Å². The lowest BCUT2D eigenvalue weighted by Crippen LogP contribution is -2.30. The van der Waals surface area contributed by atoms with Gasteiger partial charge in [-0.1, -0.05) is 214 Å². The molecule has 0 aliphatic rings. The van der Waals surface area contributed by atoms with Gasteiger partial charge in [-0.15, -0.1) is 0 Å². The van der Waals surface area contributed by atoms with Crippen LogP contribution in [0.25, 0.3) is 0 Å². The van der Waals surface area contributed by atoms with Gasteiger partial charge in [-0.05, 0) is 103 Å². The van der Waals surface area contributed by atoms with E-state index in [-0.39, 0.29) is 37.5 Å². The molecule has 65 heavy (non-hydrogen) atoms. The van der Waals surface area contributed by atoms with Gasteiger partial charge in [0.25, 0.3) is 0 Å². The Morgan fingerprint density at radius 2 is 0.600 bits per heavy atom. The van der Waals surface area contributed by atoms with Crippen LogP contribution < -0.4 is 0 Å². The minimum Gasteiger partial charge on any atom is -0.462 e. The van der Waals surface area contributed by atoms with E-state index in [1.54, 1.807) is 0 Å². The minimum atomic E-state index is -0.813. The van der Waals surface area contributed by atoms with Gasteiger partial charge in [0, 0.05) is 19.3 Å². The Balaban J connectivity index is 4.51. The van der Waals surface area contributed by atoms with Crippen molar-refractivity contribution >= 4 is 17.9 Å². The smallest absolute Gasteiger partial charge is 0.306 e. The van der Waals surface area contributed by atoms with Crippen LogP contribution in [0.4, 0.5) is 0 Å². The monoisotopic (exact) mass is 901 g/mol. The molecule has 0 heterocycles. The largest absolute Gasteiger partial charge is 0.462 e. The Kier molecular flexibility index (Phi) is 49.5. The predicted molar refractivity (Wildman–Crippen MR) is 279 cm³/mol. The van der Waals surface area contributed by atoms with Crippen molar-refractivity contribution in [3.63, 3.8) is 0 Å². The molecule has 0 bridgehead atoms. The third-order valence-electron chi connectivity index (χ3n) is 10.8. The van der Waals surface area contributed by atoms with Crippen LogP contribution in [0.15, 0.2) is 109 Å². The summed E-state index contributed by atoms with van der Waals surface area (Å²) >= 11 is 0. The lowest BCUT2D eigenvalue weighted by molar-refractivity contribution is -0.167. The SMILES string of the molecule is CC/C=C\C/C=C\C/C=C\C/C=C\C/C=C\CCCCCC(=O)OCC(COC(=O)CCCCCCCCCCCCCCC)OC(=O)CCCC/C=C\C/C=C\C/C=C\C/C=C\CC. The van der Waals surface area contributed by atoms with Crippen LogP contribution in [0, 0.1) is 0 Å². The van der Waals surface area contributed by atoms with Gasteiger partial charge in [-0.3, -0.25) is 14.4 Å². The second-order valence-corrected chi connectivity index (χ2v) is 17.0. The normalized spacial score (nSPS) is 13.0. The van der Waals surface area contributed by atoms with Crippen molar-refractivity contribution in [2.24, 2.45) is 0 Å². The van der Waals surface area contributed by atoms with Crippen molar-refractivity contribution in [1.29, 1.82) is 0 Å². The van der Waals surface area contributed by atoms with Crippen molar-refractivity contribution in [1.82, 2.24) is 0 Å². The lowest BCUT2D eigenvalue weighted by Gasteiger charge is -2.18. The summed E-state index contributed by atoms with van der Waals surface area (Å²) in [5, 5.41) is 0. The number of unbranched alkanes of at least 4 members (excludes halogenated alkanes) is 17. The number of rotatable bonds is 46. The van der Waals surface area contributed by atoms with Gasteiger partial charge in [0.1, 0.15) is 13.2 Å². The summed E-state index contributed by atoms with van der Waals surface area (Å²) in [5.41, 5.74) is 0. The molecule has 0 amide bonds. The molecule has 1 unspecified atom stereocenters. The van der Waals surface area contributed by atoms with Crippen LogP contribution >= 0.6 is 0 Å². The van der Waals surface area contributed by atoms with E-state index < -0.39 is 6.10 Å². The summed E-state index contributed by atoms with van der Waals surface area (Å²) in [4.78, 5) is 38.0. The maximum Gasteiger partial charge on any atom is 0.306 e. The maximum atomic E-state index is 12.8. The highest BCUT2D eigenvalue weighted by Crippen LogP contribution is 2.14. The number of hydrogen-bond donors (Lipinski definition) is 0. The van der Waals surface area contributed by atoms with E-state index in [9.17, 15) is 14.4 Å². The van der Waals surface area contributed by atoms with Gasteiger partial charge >= 0.3 is 17.9 Å². The Hall–Kier alpha value is -3.93. The standard InChI is InChI=1S/C59H96O6/c1-4-7-10-13-16-19-22-25-27-28-29-30-32-34-37-40-43-46-49-52-58(61)64-55-56(54-63-57(60)51-48-45-42-39-36-33-24-21-18-15-12-9-6-3)65-59(62)53-50-47-44-41-38-35-31-26-23-20-17-14-11-8-5-2/h7-8,10-11,16-17,19-20,25-27,29-31,34,37-38,41,56H,4-6,9,12-15,18,21-24,28,32-33,35-36,39-40,42-55H2,1-3H3/b10-7-,11-8-,19-16-,20-17-,27-25-,30-29-,31-26-,37-34-,41-38-. The highest BCUT2D eigenvalue weighted by molar-refractivity contribution is 5.71. The fraction of sp³-hybridized carbons (Fsp3) is 0.644. The summed E-state index contributed by atoms with van der Waals surface area (Å²) in [5.74, 6) is -0.984. The second-order valence-electron chi connectivity index (χ2n) is 17.0. The number of hydrogen-bond acceptors (Lipinski definition) is 6. The van der Waals surface area contributed by atoms with Gasteiger partial charge in [-0.2, -0.15) is 0 Å². The first-order chi connectivity index (χ1) is 32.0. The summed E-state index contributed by atoms with van der Waals surface area (Å²) in [7, 11) is 0. The zero-order valence-corrected chi connectivity index (χ0v) is 42.0. The van der Waals surface area contributed by atoms with Crippen molar-refractivity contribution in [3.8, 4) is 0 Å². The van der Waals surface area contributed by atoms with Gasteiger partial charge < -0.3 is 14.2 Å². The maximum absolute atomic E-state index is 12.8. The van der Waals surface area contributed by atoms with E-state index >= 15 is 0 Å². The predicted octanol–water partition coefficient (Wildman–Crippen LogP) is 17.5. The number of ether oxygens (including phenoxy) is 3. The summed E-state index contributed by atoms with van der Waals surface area (Å²) in [6.45, 7) is 6.34. The topological polar surface area (TPSA) is 78.9 Å². The fourth-order valence-corrected chi connectivity index (χ4v) is 6.87. The molecule has 0 rings (SSSR count). The van der Waals surface area contributed by atoms with Crippen LogP contribution in [-0.4, -0.2) is 37.2 Å². The third-order valence-corrected chi connectivity index (χ3v) is 10.8. The van der Waals surface area contributed by atoms with Crippen LogP contribution in [-0.2, 0) is 28.6 Å². The number of carbonyl (C=O) groups is 3. The first kappa shape index (κ1) is 61.1. The molecule has 0 spiro atoms. The van der Waals surface area contributed by atoms with E-state index in [1.807, 2.05) is 0 Å². The van der Waals surface area contributed by atoms with Gasteiger partial charge in [-0.25, -0.2) is 0 Å². The molecule has 6 heteroatoms. The van der Waals surface area contributed by atoms with E-state index in [4.69, 9.17) is 14.2 Å². The van der Waals surface area contributed by atoms with Crippen LogP contribution in [0.1, 0.15) is 226 Å². The highest BCUT2D eigenvalue weighted by Gasteiger charge is 2.19. The Morgan fingerprint density at radius 1 is 0.323 bits per heavy atom. The van der Waals surface area contributed by atoms with Crippen LogP contribution in [0.2, 0.25) is 0 Å². The summed E-state index contributed by atoms with van der Waals surface area (Å²) in [6.07, 6.45) is 70.7. The van der Waals surface area contributed by atoms with Crippen molar-refractivity contribution in [2.75, 3.05) is 13.2 Å². The summed E-state index contributed by atoms with van der Waals surface area (Å²) in [6, 6.07) is 0. The molecular weight excluding hydrogens is 805 g/mol. The minimum absolute atomic E-state index is 0.106. The van der Waals surface area contributed by atoms with Gasteiger partial charge in [0.05, 0.1) is 0 Å². The van der Waals surface area contributed by atoms with E-state index in [2.05, 4.69) is 130 Å². The number of esters is 3. The molecule has 0 saturated heterocycles. The van der Waals surface area contributed by atoms with Crippen LogP contribution in [0.3, 0.4) is 0 Å². The molecule has 0 saturated carbocycles. The Labute approximate surface area is 400 Å². The zero-order chi connectivity index (χ0) is 47.2. The molecule has 0 N–H and O–H groups in total. The van der Waals surface area contributed by atoms with E-state index in [0.29, 0.717) is 19.3 Å².